The van der Waals surface area contributed by atoms with E-state index in [9.17, 15) is 4.79 Å². The van der Waals surface area contributed by atoms with Crippen LogP contribution in [-0.4, -0.2) is 27.9 Å². The third kappa shape index (κ3) is 2.42. The van der Waals surface area contributed by atoms with Gasteiger partial charge in [0.05, 0.1) is 11.1 Å². The molecule has 6 heteroatoms. The largest absolute Gasteiger partial charge is 0.478 e. The van der Waals surface area contributed by atoms with Crippen LogP contribution in [-0.2, 0) is 4.74 Å². The van der Waals surface area contributed by atoms with E-state index < -0.39 is 5.97 Å². The first-order valence-electron chi connectivity index (χ1n) is 6.53. The number of nitrogens with zero attached hydrogens (tertiary/aromatic N) is 2. The average molecular weight is 274 g/mol. The number of ether oxygens (including phenoxy) is 1. The van der Waals surface area contributed by atoms with E-state index >= 15 is 0 Å². The van der Waals surface area contributed by atoms with Crippen molar-refractivity contribution in [3.8, 4) is 11.5 Å². The molecule has 1 aliphatic heterocycles. The number of aromatic nitrogens is 2. The lowest BCUT2D eigenvalue weighted by molar-refractivity contribution is -0.00126. The topological polar surface area (TPSA) is 85.5 Å². The molecule has 0 radical (unpaired) electrons. The van der Waals surface area contributed by atoms with E-state index in [4.69, 9.17) is 14.3 Å². The standard InChI is InChI=1S/C14H14N2O4/c17-14(18)10-6-2-1-5-9(10)12-15-16-13(20-12)11-7-3-4-8-19-11/h1-2,5-6,11H,3-4,7-8H2,(H,17,18). The summed E-state index contributed by atoms with van der Waals surface area (Å²) in [6, 6.07) is 6.57. The zero-order valence-electron chi connectivity index (χ0n) is 10.8. The van der Waals surface area contributed by atoms with Gasteiger partial charge in [0, 0.05) is 6.61 Å². The predicted octanol–water partition coefficient (Wildman–Crippen LogP) is 2.68. The van der Waals surface area contributed by atoms with Gasteiger partial charge >= 0.3 is 5.97 Å². The van der Waals surface area contributed by atoms with Crippen molar-refractivity contribution in [3.63, 3.8) is 0 Å². The molecule has 1 N–H and O–H groups in total. The number of benzene rings is 1. The fourth-order valence-corrected chi connectivity index (χ4v) is 2.27. The maximum absolute atomic E-state index is 11.2. The zero-order valence-corrected chi connectivity index (χ0v) is 10.8. The van der Waals surface area contributed by atoms with Crippen LogP contribution in [0.2, 0.25) is 0 Å². The molecule has 3 rings (SSSR count). The minimum absolute atomic E-state index is 0.146. The van der Waals surface area contributed by atoms with Crippen molar-refractivity contribution in [1.82, 2.24) is 10.2 Å². The summed E-state index contributed by atoms with van der Waals surface area (Å²) >= 11 is 0. The molecule has 104 valence electrons. The van der Waals surface area contributed by atoms with Crippen molar-refractivity contribution in [1.29, 1.82) is 0 Å². The highest BCUT2D eigenvalue weighted by molar-refractivity contribution is 5.94. The molecule has 0 amide bonds. The molecule has 1 aliphatic rings. The molecule has 0 aliphatic carbocycles. The second-order valence-electron chi connectivity index (χ2n) is 4.65. The molecule has 1 fully saturated rings. The maximum Gasteiger partial charge on any atom is 0.336 e. The third-order valence-electron chi connectivity index (χ3n) is 3.28. The first-order chi connectivity index (χ1) is 9.75. The van der Waals surface area contributed by atoms with Crippen molar-refractivity contribution < 1.29 is 19.1 Å². The molecule has 2 heterocycles. The Balaban J connectivity index is 1.92. The minimum Gasteiger partial charge on any atom is -0.478 e. The smallest absolute Gasteiger partial charge is 0.336 e. The van der Waals surface area contributed by atoms with Gasteiger partial charge in [-0.25, -0.2) is 4.79 Å². The van der Waals surface area contributed by atoms with Gasteiger partial charge in [-0.15, -0.1) is 10.2 Å². The lowest BCUT2D eigenvalue weighted by Gasteiger charge is -2.18. The van der Waals surface area contributed by atoms with Crippen LogP contribution in [0.4, 0.5) is 0 Å². The van der Waals surface area contributed by atoms with Gasteiger partial charge in [0.2, 0.25) is 11.8 Å². The van der Waals surface area contributed by atoms with E-state index in [1.807, 2.05) is 0 Å². The van der Waals surface area contributed by atoms with E-state index in [0.29, 0.717) is 18.1 Å². The molecular formula is C14H14N2O4. The summed E-state index contributed by atoms with van der Waals surface area (Å²) in [5.41, 5.74) is 0.571. The van der Waals surface area contributed by atoms with Crippen LogP contribution in [0.25, 0.3) is 11.5 Å². The van der Waals surface area contributed by atoms with Crippen molar-refractivity contribution in [3.05, 3.63) is 35.7 Å². The highest BCUT2D eigenvalue weighted by atomic mass is 16.5. The van der Waals surface area contributed by atoms with Gasteiger partial charge in [-0.2, -0.15) is 0 Å². The predicted molar refractivity (Wildman–Crippen MR) is 69.2 cm³/mol. The zero-order chi connectivity index (χ0) is 13.9. The van der Waals surface area contributed by atoms with Crippen LogP contribution in [0.3, 0.4) is 0 Å². The van der Waals surface area contributed by atoms with Gasteiger partial charge in [-0.05, 0) is 31.4 Å². The molecule has 0 bridgehead atoms. The number of aromatic carboxylic acids is 1. The number of carboxylic acids is 1. The Labute approximate surface area is 115 Å². The molecule has 0 saturated carbocycles. The molecule has 1 aromatic heterocycles. The highest BCUT2D eigenvalue weighted by Gasteiger charge is 2.23. The molecule has 6 nitrogen and oxygen atoms in total. The average Bonchev–Trinajstić information content (AvgIpc) is 2.98. The lowest BCUT2D eigenvalue weighted by Crippen LogP contribution is -2.11. The monoisotopic (exact) mass is 274 g/mol. The summed E-state index contributed by atoms with van der Waals surface area (Å²) in [6.45, 7) is 0.689. The first kappa shape index (κ1) is 12.8. The van der Waals surface area contributed by atoms with Gasteiger partial charge < -0.3 is 14.3 Å². The molecule has 20 heavy (non-hydrogen) atoms. The van der Waals surface area contributed by atoms with Crippen molar-refractivity contribution in [2.45, 2.75) is 25.4 Å². The fourth-order valence-electron chi connectivity index (χ4n) is 2.27. The molecule has 1 saturated heterocycles. The van der Waals surface area contributed by atoms with E-state index in [-0.39, 0.29) is 17.6 Å². The molecule has 1 atom stereocenters. The van der Waals surface area contributed by atoms with Gasteiger partial charge in [0.15, 0.2) is 0 Å². The minimum atomic E-state index is -1.02. The Kier molecular flexibility index (Phi) is 3.47. The number of hydrogen-bond acceptors (Lipinski definition) is 5. The van der Waals surface area contributed by atoms with Crippen LogP contribution in [0.5, 0.6) is 0 Å². The first-order valence-corrected chi connectivity index (χ1v) is 6.53. The Hall–Kier alpha value is -2.21. The van der Waals surface area contributed by atoms with Gasteiger partial charge in [0.25, 0.3) is 0 Å². The number of carboxylic acid groups (broad SMARTS) is 1. The maximum atomic E-state index is 11.2. The van der Waals surface area contributed by atoms with Crippen LogP contribution < -0.4 is 0 Å². The Morgan fingerprint density at radius 3 is 2.85 bits per heavy atom. The summed E-state index contributed by atoms with van der Waals surface area (Å²) in [5.74, 6) is -0.388. The number of carbonyl (C=O) groups is 1. The lowest BCUT2D eigenvalue weighted by atomic mass is 10.1. The van der Waals surface area contributed by atoms with Crippen LogP contribution >= 0.6 is 0 Å². The summed E-state index contributed by atoms with van der Waals surface area (Å²) < 4.78 is 11.2. The summed E-state index contributed by atoms with van der Waals surface area (Å²) in [5, 5.41) is 17.1. The third-order valence-corrected chi connectivity index (χ3v) is 3.28. The van der Waals surface area contributed by atoms with Gasteiger partial charge in [-0.1, -0.05) is 12.1 Å². The second-order valence-corrected chi connectivity index (χ2v) is 4.65. The van der Waals surface area contributed by atoms with E-state index in [1.54, 1.807) is 18.2 Å². The summed E-state index contributed by atoms with van der Waals surface area (Å²) in [6.07, 6.45) is 2.78. The summed E-state index contributed by atoms with van der Waals surface area (Å²) in [4.78, 5) is 11.2. The highest BCUT2D eigenvalue weighted by Crippen LogP contribution is 2.30. The Morgan fingerprint density at radius 1 is 1.25 bits per heavy atom. The van der Waals surface area contributed by atoms with Gasteiger partial charge in [-0.3, -0.25) is 0 Å². The van der Waals surface area contributed by atoms with E-state index in [0.717, 1.165) is 19.3 Å². The van der Waals surface area contributed by atoms with Crippen LogP contribution in [0.1, 0.15) is 41.6 Å². The van der Waals surface area contributed by atoms with Crippen LogP contribution in [0.15, 0.2) is 28.7 Å². The van der Waals surface area contributed by atoms with Gasteiger partial charge in [0.1, 0.15) is 6.10 Å². The second kappa shape index (κ2) is 5.42. The molecule has 0 spiro atoms. The number of hydrogen-bond donors (Lipinski definition) is 1. The van der Waals surface area contributed by atoms with Crippen molar-refractivity contribution >= 4 is 5.97 Å². The normalized spacial score (nSPS) is 18.9. The van der Waals surface area contributed by atoms with E-state index in [2.05, 4.69) is 10.2 Å². The van der Waals surface area contributed by atoms with Crippen LogP contribution in [0, 0.1) is 0 Å². The Bertz CT molecular complexity index is 617. The molecule has 1 aromatic carbocycles. The Morgan fingerprint density at radius 2 is 2.10 bits per heavy atom. The molecule has 1 unspecified atom stereocenters. The van der Waals surface area contributed by atoms with Crippen molar-refractivity contribution in [2.75, 3.05) is 6.61 Å². The van der Waals surface area contributed by atoms with Crippen molar-refractivity contribution in [2.24, 2.45) is 0 Å². The molecular weight excluding hydrogens is 260 g/mol. The fraction of sp³-hybridized carbons (Fsp3) is 0.357. The molecule has 2 aromatic rings. The number of rotatable bonds is 3. The SMILES string of the molecule is O=C(O)c1ccccc1-c1nnc(C2CCCCO2)o1. The van der Waals surface area contributed by atoms with E-state index in [1.165, 1.54) is 6.07 Å². The quantitative estimate of drug-likeness (QED) is 0.926. The summed E-state index contributed by atoms with van der Waals surface area (Å²) in [7, 11) is 0.